The van der Waals surface area contributed by atoms with Crippen molar-refractivity contribution in [2.24, 2.45) is 5.92 Å². The first-order valence-corrected chi connectivity index (χ1v) is 8.92. The Bertz CT molecular complexity index is 630. The van der Waals surface area contributed by atoms with E-state index in [9.17, 15) is 8.42 Å². The summed E-state index contributed by atoms with van der Waals surface area (Å²) >= 11 is 0. The summed E-state index contributed by atoms with van der Waals surface area (Å²) in [4.78, 5) is 2.61. The van der Waals surface area contributed by atoms with Gasteiger partial charge in [0, 0.05) is 19.1 Å². The maximum absolute atomic E-state index is 12.6. The molecule has 0 radical (unpaired) electrons. The molecule has 2 atom stereocenters. The topological polar surface area (TPSA) is 58.6 Å². The zero-order chi connectivity index (χ0) is 15.0. The number of likely N-dealkylation sites (tertiary alicyclic amines) is 1. The molecule has 0 aliphatic carbocycles. The molecule has 1 N–H and O–H groups in total. The van der Waals surface area contributed by atoms with Crippen molar-refractivity contribution in [3.05, 3.63) is 29.3 Å². The second kappa shape index (κ2) is 5.68. The first-order chi connectivity index (χ1) is 9.99. The summed E-state index contributed by atoms with van der Waals surface area (Å²) < 4.78 is 33.3. The van der Waals surface area contributed by atoms with E-state index >= 15 is 0 Å². The summed E-state index contributed by atoms with van der Waals surface area (Å²) in [6.07, 6.45) is 0. The van der Waals surface area contributed by atoms with Gasteiger partial charge in [0.05, 0.1) is 18.1 Å². The van der Waals surface area contributed by atoms with Gasteiger partial charge in [0.15, 0.2) is 0 Å². The monoisotopic (exact) mass is 310 g/mol. The van der Waals surface area contributed by atoms with E-state index in [4.69, 9.17) is 4.74 Å². The predicted octanol–water partition coefficient (Wildman–Crippen LogP) is 1.34. The zero-order valence-electron chi connectivity index (χ0n) is 12.5. The molecule has 0 aromatic heterocycles. The number of fused-ring (bicyclic) bond motifs is 1. The highest BCUT2D eigenvalue weighted by Crippen LogP contribution is 2.24. The van der Waals surface area contributed by atoms with Crippen LogP contribution in [0.25, 0.3) is 0 Å². The van der Waals surface area contributed by atoms with Crippen molar-refractivity contribution in [2.45, 2.75) is 38.0 Å². The maximum Gasteiger partial charge on any atom is 0.240 e. The predicted molar refractivity (Wildman–Crippen MR) is 80.3 cm³/mol. The zero-order valence-corrected chi connectivity index (χ0v) is 13.3. The molecule has 0 bridgehead atoms. The average molecular weight is 310 g/mol. The quantitative estimate of drug-likeness (QED) is 0.911. The van der Waals surface area contributed by atoms with Crippen LogP contribution in [-0.4, -0.2) is 39.0 Å². The number of benzene rings is 1. The van der Waals surface area contributed by atoms with Crippen LogP contribution in [0.15, 0.2) is 23.1 Å². The van der Waals surface area contributed by atoms with Crippen molar-refractivity contribution in [3.8, 4) is 0 Å². The number of hydrogen-bond donors (Lipinski definition) is 1. The van der Waals surface area contributed by atoms with Crippen molar-refractivity contribution in [1.82, 2.24) is 9.62 Å². The van der Waals surface area contributed by atoms with Crippen molar-refractivity contribution < 1.29 is 13.2 Å². The summed E-state index contributed by atoms with van der Waals surface area (Å²) in [6, 6.07) is 5.25. The highest BCUT2D eigenvalue weighted by molar-refractivity contribution is 7.89. The van der Waals surface area contributed by atoms with Crippen LogP contribution in [0.4, 0.5) is 0 Å². The minimum atomic E-state index is -3.46. The van der Waals surface area contributed by atoms with Crippen LogP contribution in [0.3, 0.4) is 0 Å². The van der Waals surface area contributed by atoms with Gasteiger partial charge in [0.25, 0.3) is 0 Å². The van der Waals surface area contributed by atoms with E-state index in [1.165, 1.54) is 0 Å². The normalized spacial score (nSPS) is 26.2. The van der Waals surface area contributed by atoms with Gasteiger partial charge in [0.2, 0.25) is 10.0 Å². The second-order valence-electron chi connectivity index (χ2n) is 5.98. The maximum atomic E-state index is 12.6. The molecule has 2 aliphatic rings. The van der Waals surface area contributed by atoms with E-state index in [-0.39, 0.29) is 6.04 Å². The van der Waals surface area contributed by atoms with E-state index in [0.717, 1.165) is 30.8 Å². The van der Waals surface area contributed by atoms with E-state index in [1.807, 2.05) is 6.07 Å². The first kappa shape index (κ1) is 15.0. The Kier molecular flexibility index (Phi) is 4.05. The van der Waals surface area contributed by atoms with E-state index < -0.39 is 10.0 Å². The first-order valence-electron chi connectivity index (χ1n) is 7.44. The summed E-state index contributed by atoms with van der Waals surface area (Å²) in [5, 5.41) is 0. The lowest BCUT2D eigenvalue weighted by Gasteiger charge is -2.17. The van der Waals surface area contributed by atoms with Gasteiger partial charge in [0.1, 0.15) is 0 Å². The lowest BCUT2D eigenvalue weighted by molar-refractivity contribution is 0.134. The number of rotatable bonds is 4. The van der Waals surface area contributed by atoms with Gasteiger partial charge >= 0.3 is 0 Å². The Balaban J connectivity index is 1.78. The molecule has 0 amide bonds. The molecule has 1 aromatic carbocycles. The van der Waals surface area contributed by atoms with E-state index in [2.05, 4.69) is 23.5 Å². The highest BCUT2D eigenvalue weighted by Gasteiger charge is 2.32. The Hall–Kier alpha value is -0.950. The molecular formula is C15H22N2O3S. The Morgan fingerprint density at radius 2 is 2.05 bits per heavy atom. The molecule has 1 saturated heterocycles. The van der Waals surface area contributed by atoms with Gasteiger partial charge in [-0.15, -0.1) is 0 Å². The largest absolute Gasteiger partial charge is 0.372 e. The Labute approximate surface area is 126 Å². The van der Waals surface area contributed by atoms with E-state index in [0.29, 0.717) is 24.0 Å². The highest BCUT2D eigenvalue weighted by atomic mass is 32.2. The average Bonchev–Trinajstić information content (AvgIpc) is 3.04. The molecule has 2 heterocycles. The number of hydrogen-bond acceptors (Lipinski definition) is 4. The van der Waals surface area contributed by atoms with Crippen LogP contribution in [-0.2, 0) is 28.0 Å². The van der Waals surface area contributed by atoms with Crippen LogP contribution in [0, 0.1) is 5.92 Å². The molecular weight excluding hydrogens is 288 g/mol. The molecule has 2 aliphatic heterocycles. The Morgan fingerprint density at radius 1 is 1.29 bits per heavy atom. The minimum absolute atomic E-state index is 0.0144. The van der Waals surface area contributed by atoms with Gasteiger partial charge < -0.3 is 9.64 Å². The molecule has 3 rings (SSSR count). The number of likely N-dealkylation sites (N-methyl/N-ethyl adjacent to an activating group) is 1. The third-order valence-electron chi connectivity index (χ3n) is 4.44. The van der Waals surface area contributed by atoms with E-state index in [1.54, 1.807) is 12.1 Å². The summed E-state index contributed by atoms with van der Waals surface area (Å²) in [5.74, 6) is 0.331. The number of nitrogens with one attached hydrogen (secondary N) is 1. The summed E-state index contributed by atoms with van der Waals surface area (Å²) in [5.41, 5.74) is 2.06. The van der Waals surface area contributed by atoms with Gasteiger partial charge in [-0.25, -0.2) is 13.1 Å². The van der Waals surface area contributed by atoms with Crippen LogP contribution in [0.1, 0.15) is 25.0 Å². The molecule has 0 spiro atoms. The van der Waals surface area contributed by atoms with Gasteiger partial charge in [-0.3, -0.25) is 0 Å². The van der Waals surface area contributed by atoms with Crippen LogP contribution in [0.2, 0.25) is 0 Å². The van der Waals surface area contributed by atoms with Crippen LogP contribution in [0.5, 0.6) is 0 Å². The Morgan fingerprint density at radius 3 is 2.76 bits per heavy atom. The molecule has 21 heavy (non-hydrogen) atoms. The molecule has 6 heteroatoms. The SMILES string of the molecule is CCN1C[C@H](NS(=O)(=O)c2ccc3c(c2)COC3)[C@@H](C)C1. The van der Waals surface area contributed by atoms with Gasteiger partial charge in [-0.1, -0.05) is 19.9 Å². The lowest BCUT2D eigenvalue weighted by atomic mass is 10.1. The van der Waals surface area contributed by atoms with Gasteiger partial charge in [-0.05, 0) is 35.7 Å². The lowest BCUT2D eigenvalue weighted by Crippen LogP contribution is -2.39. The fourth-order valence-electron chi connectivity index (χ4n) is 3.06. The fraction of sp³-hybridized carbons (Fsp3) is 0.600. The number of ether oxygens (including phenoxy) is 1. The van der Waals surface area contributed by atoms with Crippen molar-refractivity contribution >= 4 is 10.0 Å². The molecule has 1 aromatic rings. The molecule has 0 unspecified atom stereocenters. The summed E-state index contributed by atoms with van der Waals surface area (Å²) in [7, 11) is -3.46. The third kappa shape index (κ3) is 2.99. The fourth-order valence-corrected chi connectivity index (χ4v) is 4.45. The standard InChI is InChI=1S/C15H22N2O3S/c1-3-17-7-11(2)15(8-17)16-21(18,19)14-5-4-12-9-20-10-13(12)6-14/h4-6,11,15-16H,3,7-10H2,1-2H3/t11-,15-/m0/s1. The minimum Gasteiger partial charge on any atom is -0.372 e. The van der Waals surface area contributed by atoms with Crippen molar-refractivity contribution in [3.63, 3.8) is 0 Å². The van der Waals surface area contributed by atoms with Gasteiger partial charge in [-0.2, -0.15) is 0 Å². The smallest absolute Gasteiger partial charge is 0.240 e. The number of sulfonamides is 1. The third-order valence-corrected chi connectivity index (χ3v) is 5.93. The van der Waals surface area contributed by atoms with Crippen molar-refractivity contribution in [2.75, 3.05) is 19.6 Å². The molecule has 116 valence electrons. The van der Waals surface area contributed by atoms with Crippen molar-refractivity contribution in [1.29, 1.82) is 0 Å². The number of nitrogens with zero attached hydrogens (tertiary/aromatic N) is 1. The van der Waals surface area contributed by atoms with Crippen LogP contribution >= 0.6 is 0 Å². The molecule has 5 nitrogen and oxygen atoms in total. The summed E-state index contributed by atoms with van der Waals surface area (Å²) in [6.45, 7) is 7.96. The van der Waals surface area contributed by atoms with Crippen LogP contribution < -0.4 is 4.72 Å². The second-order valence-corrected chi connectivity index (χ2v) is 7.69. The molecule has 1 fully saturated rings. The molecule has 0 saturated carbocycles.